The average Bonchev–Trinajstić information content (AvgIpc) is 3.14. The van der Waals surface area contributed by atoms with Crippen molar-refractivity contribution in [2.75, 3.05) is 26.2 Å². The summed E-state index contributed by atoms with van der Waals surface area (Å²) in [5, 5.41) is 4.75. The summed E-state index contributed by atoms with van der Waals surface area (Å²) >= 11 is 1.71. The number of hydrogen-bond acceptors (Lipinski definition) is 3. The summed E-state index contributed by atoms with van der Waals surface area (Å²) < 4.78 is 39.5. The number of nitrogens with zero attached hydrogens (tertiary/aromatic N) is 2. The lowest BCUT2D eigenvalue weighted by atomic mass is 10.0. The van der Waals surface area contributed by atoms with E-state index in [2.05, 4.69) is 16.3 Å². The van der Waals surface area contributed by atoms with Crippen LogP contribution in [0.15, 0.2) is 41.8 Å². The van der Waals surface area contributed by atoms with Crippen molar-refractivity contribution in [2.24, 2.45) is 0 Å². The zero-order chi connectivity index (χ0) is 19.4. The van der Waals surface area contributed by atoms with Crippen molar-refractivity contribution in [3.8, 4) is 0 Å². The summed E-state index contributed by atoms with van der Waals surface area (Å²) in [6.45, 7) is 5.06. The van der Waals surface area contributed by atoms with Crippen molar-refractivity contribution in [2.45, 2.75) is 25.7 Å². The minimum absolute atomic E-state index is 0.0784. The van der Waals surface area contributed by atoms with Gasteiger partial charge in [-0.05, 0) is 30.0 Å². The molecule has 4 nitrogen and oxygen atoms in total. The topological polar surface area (TPSA) is 35.6 Å². The second-order valence-corrected chi connectivity index (χ2v) is 7.63. The number of hydrogen-bond donors (Lipinski definition) is 1. The average molecular weight is 397 g/mol. The maximum Gasteiger partial charge on any atom is 0.416 e. The van der Waals surface area contributed by atoms with Gasteiger partial charge in [-0.2, -0.15) is 13.2 Å². The van der Waals surface area contributed by atoms with E-state index in [4.69, 9.17) is 0 Å². The predicted molar refractivity (Wildman–Crippen MR) is 99.6 cm³/mol. The van der Waals surface area contributed by atoms with Crippen LogP contribution in [-0.4, -0.2) is 42.0 Å². The molecule has 1 aromatic carbocycles. The zero-order valence-corrected chi connectivity index (χ0v) is 15.8. The van der Waals surface area contributed by atoms with Crippen molar-refractivity contribution < 1.29 is 18.0 Å². The van der Waals surface area contributed by atoms with Crippen molar-refractivity contribution in [3.05, 3.63) is 57.8 Å². The van der Waals surface area contributed by atoms with Gasteiger partial charge in [0.15, 0.2) is 0 Å². The molecular formula is C19H22F3N3OS. The Morgan fingerprint density at radius 2 is 1.85 bits per heavy atom. The highest BCUT2D eigenvalue weighted by Crippen LogP contribution is 2.34. The van der Waals surface area contributed by atoms with Gasteiger partial charge >= 0.3 is 12.2 Å². The van der Waals surface area contributed by atoms with E-state index in [1.54, 1.807) is 29.2 Å². The van der Waals surface area contributed by atoms with Crippen LogP contribution < -0.4 is 5.32 Å². The Labute approximate surface area is 160 Å². The number of carbonyl (C=O) groups excluding carboxylic acids is 1. The van der Waals surface area contributed by atoms with E-state index in [0.717, 1.165) is 25.7 Å². The maximum absolute atomic E-state index is 13.2. The van der Waals surface area contributed by atoms with Gasteiger partial charge in [-0.1, -0.05) is 24.3 Å². The van der Waals surface area contributed by atoms with Crippen LogP contribution >= 0.6 is 11.3 Å². The molecule has 2 amide bonds. The molecule has 1 aliphatic heterocycles. The van der Waals surface area contributed by atoms with Gasteiger partial charge in [-0.15, -0.1) is 11.3 Å². The Morgan fingerprint density at radius 3 is 2.48 bits per heavy atom. The highest BCUT2D eigenvalue weighted by atomic mass is 32.1. The van der Waals surface area contributed by atoms with E-state index in [-0.39, 0.29) is 11.6 Å². The molecule has 0 bridgehead atoms. The molecule has 2 aromatic rings. The van der Waals surface area contributed by atoms with Crippen molar-refractivity contribution in [1.82, 2.24) is 15.1 Å². The van der Waals surface area contributed by atoms with Crippen molar-refractivity contribution in [3.63, 3.8) is 0 Å². The van der Waals surface area contributed by atoms with Gasteiger partial charge in [0.05, 0.1) is 11.6 Å². The fourth-order valence-electron chi connectivity index (χ4n) is 3.22. The van der Waals surface area contributed by atoms with E-state index < -0.39 is 17.8 Å². The standard InChI is InChI=1S/C19H22F3N3OS/c1-14(16-6-2-3-7-17(16)19(20,21)22)23-18(26)25-10-8-24(9-11-25)13-15-5-4-12-27-15/h2-7,12,14H,8-11,13H2,1H3,(H,23,26). The van der Waals surface area contributed by atoms with Gasteiger partial charge in [0, 0.05) is 37.6 Å². The third-order valence-corrected chi connectivity index (χ3v) is 5.55. The predicted octanol–water partition coefficient (Wildman–Crippen LogP) is 4.36. The van der Waals surface area contributed by atoms with Crippen LogP contribution in [-0.2, 0) is 12.7 Å². The smallest absolute Gasteiger partial charge is 0.331 e. The fourth-order valence-corrected chi connectivity index (χ4v) is 3.97. The number of nitrogens with one attached hydrogen (secondary N) is 1. The minimum Gasteiger partial charge on any atom is -0.331 e. The lowest BCUT2D eigenvalue weighted by Crippen LogP contribution is -2.51. The van der Waals surface area contributed by atoms with Crippen LogP contribution in [0.3, 0.4) is 0 Å². The molecule has 1 aromatic heterocycles. The number of thiophene rings is 1. The van der Waals surface area contributed by atoms with Crippen molar-refractivity contribution >= 4 is 17.4 Å². The number of rotatable bonds is 4. The quantitative estimate of drug-likeness (QED) is 0.832. The monoisotopic (exact) mass is 397 g/mol. The van der Waals surface area contributed by atoms with Crippen LogP contribution in [0.2, 0.25) is 0 Å². The zero-order valence-electron chi connectivity index (χ0n) is 15.0. The second kappa shape index (κ2) is 8.31. The van der Waals surface area contributed by atoms with Gasteiger partial charge in [0.25, 0.3) is 0 Å². The van der Waals surface area contributed by atoms with Gasteiger partial charge in [-0.3, -0.25) is 4.90 Å². The van der Waals surface area contributed by atoms with Crippen molar-refractivity contribution in [1.29, 1.82) is 0 Å². The summed E-state index contributed by atoms with van der Waals surface area (Å²) in [6.07, 6.45) is -4.44. The highest BCUT2D eigenvalue weighted by Gasteiger charge is 2.34. The van der Waals surface area contributed by atoms with Gasteiger partial charge in [0.2, 0.25) is 0 Å². The Kier molecular flexibility index (Phi) is 6.06. The van der Waals surface area contributed by atoms with Crippen LogP contribution in [0.4, 0.5) is 18.0 Å². The molecule has 1 atom stereocenters. The Balaban J connectivity index is 1.55. The Morgan fingerprint density at radius 1 is 1.15 bits per heavy atom. The molecule has 0 radical (unpaired) electrons. The number of carbonyl (C=O) groups is 1. The molecule has 1 fully saturated rings. The van der Waals surface area contributed by atoms with Gasteiger partial charge in [0.1, 0.15) is 0 Å². The Hall–Kier alpha value is -2.06. The largest absolute Gasteiger partial charge is 0.416 e. The molecule has 1 saturated heterocycles. The summed E-state index contributed by atoms with van der Waals surface area (Å²) in [4.78, 5) is 17.7. The summed E-state index contributed by atoms with van der Waals surface area (Å²) in [7, 11) is 0. The summed E-state index contributed by atoms with van der Waals surface area (Å²) in [6, 6.07) is 8.42. The molecule has 0 saturated carbocycles. The molecular weight excluding hydrogens is 375 g/mol. The molecule has 8 heteroatoms. The molecule has 27 heavy (non-hydrogen) atoms. The summed E-state index contributed by atoms with van der Waals surface area (Å²) in [5.74, 6) is 0. The van der Waals surface area contributed by atoms with E-state index >= 15 is 0 Å². The van der Waals surface area contributed by atoms with Gasteiger partial charge in [-0.25, -0.2) is 4.79 Å². The SMILES string of the molecule is CC(NC(=O)N1CCN(Cc2cccs2)CC1)c1ccccc1C(F)(F)F. The molecule has 1 unspecified atom stereocenters. The first-order chi connectivity index (χ1) is 12.8. The van der Waals surface area contributed by atoms with Gasteiger partial charge < -0.3 is 10.2 Å². The molecule has 0 aliphatic carbocycles. The van der Waals surface area contributed by atoms with E-state index in [1.165, 1.54) is 17.0 Å². The van der Waals surface area contributed by atoms with E-state index in [1.807, 2.05) is 11.4 Å². The fraction of sp³-hybridized carbons (Fsp3) is 0.421. The Bertz CT molecular complexity index is 756. The highest BCUT2D eigenvalue weighted by molar-refractivity contribution is 7.09. The van der Waals surface area contributed by atoms with Crippen LogP contribution in [0.1, 0.15) is 29.0 Å². The number of benzene rings is 1. The first-order valence-electron chi connectivity index (χ1n) is 8.81. The lowest BCUT2D eigenvalue weighted by molar-refractivity contribution is -0.138. The number of urea groups is 1. The van der Waals surface area contributed by atoms with E-state index in [0.29, 0.717) is 13.1 Å². The molecule has 1 aliphatic rings. The van der Waals surface area contributed by atoms with E-state index in [9.17, 15) is 18.0 Å². The van der Waals surface area contributed by atoms with Crippen LogP contribution in [0.25, 0.3) is 0 Å². The molecule has 2 heterocycles. The third-order valence-electron chi connectivity index (χ3n) is 4.69. The number of alkyl halides is 3. The molecule has 3 rings (SSSR count). The lowest BCUT2D eigenvalue weighted by Gasteiger charge is -2.35. The number of piperazine rings is 1. The van der Waals surface area contributed by atoms with Crippen LogP contribution in [0.5, 0.6) is 0 Å². The third kappa shape index (κ3) is 5.01. The summed E-state index contributed by atoms with van der Waals surface area (Å²) in [5.41, 5.74) is -0.631. The second-order valence-electron chi connectivity index (χ2n) is 6.60. The normalized spacial score (nSPS) is 17.0. The first kappa shape index (κ1) is 19.7. The molecule has 1 N–H and O–H groups in total. The molecule has 0 spiro atoms. The maximum atomic E-state index is 13.2. The minimum atomic E-state index is -4.44. The molecule has 146 valence electrons. The van der Waals surface area contributed by atoms with Crippen LogP contribution in [0, 0.1) is 0 Å². The number of amides is 2. The first-order valence-corrected chi connectivity index (χ1v) is 9.69. The number of halogens is 3.